The van der Waals surface area contributed by atoms with Gasteiger partial charge in [0.1, 0.15) is 12.2 Å². The van der Waals surface area contributed by atoms with Crippen molar-refractivity contribution in [2.45, 2.75) is 0 Å². The second-order valence-corrected chi connectivity index (χ2v) is 3.64. The molecule has 0 atom stereocenters. The fourth-order valence-electron chi connectivity index (χ4n) is 1.45. The number of ether oxygens (including phenoxy) is 1. The number of carboxylic acid groups (broad SMARTS) is 1. The number of halogens is 1. The first kappa shape index (κ1) is 11.4. The first-order chi connectivity index (χ1) is 8.13. The van der Waals surface area contributed by atoms with Gasteiger partial charge < -0.3 is 14.3 Å². The van der Waals surface area contributed by atoms with Gasteiger partial charge in [-0.15, -0.1) is 6.42 Å². The van der Waals surface area contributed by atoms with Crippen LogP contribution in [-0.2, 0) is 0 Å². The van der Waals surface area contributed by atoms with Gasteiger partial charge in [0, 0.05) is 5.02 Å². The van der Waals surface area contributed by atoms with Gasteiger partial charge in [0.2, 0.25) is 0 Å². The fourth-order valence-corrected chi connectivity index (χ4v) is 1.62. The van der Waals surface area contributed by atoms with Crippen LogP contribution in [0.25, 0.3) is 11.0 Å². The summed E-state index contributed by atoms with van der Waals surface area (Å²) in [4.78, 5) is 11.0. The Labute approximate surface area is 102 Å². The predicted octanol–water partition coefficient (Wildman–Crippen LogP) is 2.80. The van der Waals surface area contributed by atoms with Crippen molar-refractivity contribution in [2.75, 3.05) is 6.61 Å². The molecule has 4 nitrogen and oxygen atoms in total. The van der Waals surface area contributed by atoms with Gasteiger partial charge in [0.05, 0.1) is 5.39 Å². The summed E-state index contributed by atoms with van der Waals surface area (Å²) in [7, 11) is 0. The maximum absolute atomic E-state index is 11.0. The van der Waals surface area contributed by atoms with Gasteiger partial charge in [-0.05, 0) is 18.2 Å². The molecule has 2 aromatic rings. The molecule has 0 radical (unpaired) electrons. The first-order valence-corrected chi connectivity index (χ1v) is 5.03. The van der Waals surface area contributed by atoms with E-state index in [2.05, 4.69) is 5.92 Å². The molecule has 0 fully saturated rings. The number of benzene rings is 1. The molecule has 1 N–H and O–H groups in total. The van der Waals surface area contributed by atoms with E-state index in [1.54, 1.807) is 18.2 Å². The third-order valence-electron chi connectivity index (χ3n) is 2.10. The highest BCUT2D eigenvalue weighted by Crippen LogP contribution is 2.34. The lowest BCUT2D eigenvalue weighted by Gasteiger charge is -2.00. The number of hydrogen-bond acceptors (Lipinski definition) is 3. The molecule has 0 aliphatic carbocycles. The number of aromatic carboxylic acids is 1. The van der Waals surface area contributed by atoms with E-state index in [0.717, 1.165) is 0 Å². The Balaban J connectivity index is 2.65. The van der Waals surface area contributed by atoms with Crippen molar-refractivity contribution >= 4 is 28.5 Å². The predicted molar refractivity (Wildman–Crippen MR) is 62.5 cm³/mol. The topological polar surface area (TPSA) is 59.7 Å². The van der Waals surface area contributed by atoms with Crippen molar-refractivity contribution in [3.05, 3.63) is 29.0 Å². The summed E-state index contributed by atoms with van der Waals surface area (Å²) in [5.74, 6) is 0.868. The number of carboxylic acids is 1. The van der Waals surface area contributed by atoms with Crippen molar-refractivity contribution in [1.82, 2.24) is 0 Å². The summed E-state index contributed by atoms with van der Waals surface area (Å²) in [5.41, 5.74) is 0.388. The highest BCUT2D eigenvalue weighted by atomic mass is 35.5. The van der Waals surface area contributed by atoms with Crippen molar-refractivity contribution in [3.8, 4) is 18.1 Å². The van der Waals surface area contributed by atoms with Crippen LogP contribution in [0.2, 0.25) is 5.02 Å². The van der Waals surface area contributed by atoms with E-state index < -0.39 is 5.97 Å². The minimum atomic E-state index is -1.22. The molecule has 0 unspecified atom stereocenters. The zero-order chi connectivity index (χ0) is 12.4. The molecule has 0 aliphatic heterocycles. The van der Waals surface area contributed by atoms with Crippen molar-refractivity contribution in [2.24, 2.45) is 0 Å². The lowest BCUT2D eigenvalue weighted by Crippen LogP contribution is -2.00. The summed E-state index contributed by atoms with van der Waals surface area (Å²) >= 11 is 5.83. The van der Waals surface area contributed by atoms with Crippen LogP contribution in [0, 0.1) is 12.3 Å². The zero-order valence-electron chi connectivity index (χ0n) is 8.57. The Hall–Kier alpha value is -2.12. The molecule has 17 heavy (non-hydrogen) atoms. The molecule has 2 rings (SSSR count). The van der Waals surface area contributed by atoms with Gasteiger partial charge in [-0.2, -0.15) is 0 Å². The van der Waals surface area contributed by atoms with Crippen LogP contribution in [0.1, 0.15) is 10.6 Å². The number of hydrogen-bond donors (Lipinski definition) is 1. The van der Waals surface area contributed by atoms with Crippen molar-refractivity contribution in [3.63, 3.8) is 0 Å². The van der Waals surface area contributed by atoms with Crippen molar-refractivity contribution < 1.29 is 19.1 Å². The van der Waals surface area contributed by atoms with Crippen LogP contribution >= 0.6 is 11.6 Å². The van der Waals surface area contributed by atoms with Gasteiger partial charge in [0.15, 0.2) is 5.75 Å². The minimum absolute atomic E-state index is 0.0403. The Morgan fingerprint density at radius 1 is 1.59 bits per heavy atom. The molecular weight excluding hydrogens is 244 g/mol. The molecule has 0 bridgehead atoms. The molecule has 86 valence electrons. The second kappa shape index (κ2) is 4.40. The van der Waals surface area contributed by atoms with Gasteiger partial charge in [-0.25, -0.2) is 4.79 Å². The molecule has 0 saturated carbocycles. The van der Waals surface area contributed by atoms with E-state index in [1.807, 2.05) is 0 Å². The third kappa shape index (κ3) is 2.05. The highest BCUT2D eigenvalue weighted by molar-refractivity contribution is 6.31. The Morgan fingerprint density at radius 2 is 2.35 bits per heavy atom. The molecule has 1 heterocycles. The molecular formula is C12H7ClO4. The Morgan fingerprint density at radius 3 is 3.00 bits per heavy atom. The molecule has 0 aliphatic rings. The SMILES string of the molecule is C#CCOc1c(C(=O)O)oc2ccc(Cl)cc12. The summed E-state index contributed by atoms with van der Waals surface area (Å²) in [5, 5.41) is 9.93. The second-order valence-electron chi connectivity index (χ2n) is 3.20. The largest absolute Gasteiger partial charge is 0.476 e. The van der Waals surface area contributed by atoms with E-state index in [9.17, 15) is 4.79 Å². The van der Waals surface area contributed by atoms with Crippen LogP contribution in [-0.4, -0.2) is 17.7 Å². The van der Waals surface area contributed by atoms with Gasteiger partial charge >= 0.3 is 5.97 Å². The standard InChI is InChI=1S/C12H7ClO4/c1-2-5-16-10-8-6-7(13)3-4-9(8)17-11(10)12(14)15/h1,3-4,6H,5H2,(H,14,15). The van der Waals surface area contributed by atoms with Crippen molar-refractivity contribution in [1.29, 1.82) is 0 Å². The number of carbonyl (C=O) groups is 1. The molecule has 0 spiro atoms. The first-order valence-electron chi connectivity index (χ1n) is 4.65. The number of terminal acetylenes is 1. The highest BCUT2D eigenvalue weighted by Gasteiger charge is 2.21. The lowest BCUT2D eigenvalue weighted by molar-refractivity contribution is 0.0659. The van der Waals surface area contributed by atoms with Crippen LogP contribution < -0.4 is 4.74 Å². The maximum Gasteiger partial charge on any atom is 0.375 e. The molecule has 1 aromatic heterocycles. The summed E-state index contributed by atoms with van der Waals surface area (Å²) in [6.07, 6.45) is 5.07. The van der Waals surface area contributed by atoms with E-state index >= 15 is 0 Å². The fraction of sp³-hybridized carbons (Fsp3) is 0.0833. The van der Waals surface area contributed by atoms with Gasteiger partial charge in [0.25, 0.3) is 5.76 Å². The van der Waals surface area contributed by atoms with Crippen LogP contribution in [0.5, 0.6) is 5.75 Å². The monoisotopic (exact) mass is 250 g/mol. The van der Waals surface area contributed by atoms with E-state index in [4.69, 9.17) is 32.3 Å². The van der Waals surface area contributed by atoms with Gasteiger partial charge in [-0.3, -0.25) is 0 Å². The zero-order valence-corrected chi connectivity index (χ0v) is 9.32. The quantitative estimate of drug-likeness (QED) is 0.851. The maximum atomic E-state index is 11.0. The smallest absolute Gasteiger partial charge is 0.375 e. The number of furan rings is 1. The number of rotatable bonds is 3. The number of fused-ring (bicyclic) bond motifs is 1. The summed E-state index contributed by atoms with van der Waals surface area (Å²) in [6.45, 7) is -0.0403. The third-order valence-corrected chi connectivity index (χ3v) is 2.33. The van der Waals surface area contributed by atoms with Gasteiger partial charge in [-0.1, -0.05) is 17.5 Å². The average molecular weight is 251 g/mol. The van der Waals surface area contributed by atoms with Crippen LogP contribution in [0.15, 0.2) is 22.6 Å². The van der Waals surface area contributed by atoms with E-state index in [-0.39, 0.29) is 18.1 Å². The lowest BCUT2D eigenvalue weighted by atomic mass is 10.2. The Kier molecular flexibility index (Phi) is 2.94. The molecule has 1 aromatic carbocycles. The summed E-state index contributed by atoms with van der Waals surface area (Å²) < 4.78 is 10.3. The normalized spacial score (nSPS) is 10.1. The molecule has 0 amide bonds. The summed E-state index contributed by atoms with van der Waals surface area (Å²) in [6, 6.07) is 4.75. The van der Waals surface area contributed by atoms with Crippen LogP contribution in [0.4, 0.5) is 0 Å². The molecule has 0 saturated heterocycles. The average Bonchev–Trinajstić information content (AvgIpc) is 2.64. The molecule has 5 heteroatoms. The Bertz CT molecular complexity index is 621. The van der Waals surface area contributed by atoms with E-state index in [1.165, 1.54) is 0 Å². The minimum Gasteiger partial charge on any atom is -0.476 e. The van der Waals surface area contributed by atoms with E-state index in [0.29, 0.717) is 16.0 Å². The van der Waals surface area contributed by atoms with Crippen LogP contribution in [0.3, 0.4) is 0 Å².